The average Bonchev–Trinajstić information content (AvgIpc) is 3.13. The maximum absolute atomic E-state index is 13.0. The van der Waals surface area contributed by atoms with Gasteiger partial charge in [-0.05, 0) is 42.9 Å². The van der Waals surface area contributed by atoms with E-state index in [0.717, 1.165) is 45.0 Å². The highest BCUT2D eigenvalue weighted by atomic mass is 79.9. The number of amides is 1. The summed E-state index contributed by atoms with van der Waals surface area (Å²) in [6.45, 7) is 7.63. The molecule has 0 N–H and O–H groups in total. The Morgan fingerprint density at radius 3 is 2.52 bits per heavy atom. The Hall–Kier alpha value is -1.73. The quantitative estimate of drug-likeness (QED) is 0.368. The first-order valence-electron chi connectivity index (χ1n) is 9.43. The topological polar surface area (TPSA) is 36.4 Å². The number of anilines is 1. The molecule has 1 aromatic heterocycles. The Morgan fingerprint density at radius 1 is 1.10 bits per heavy atom. The van der Waals surface area contributed by atoms with Gasteiger partial charge in [0.2, 0.25) is 0 Å². The summed E-state index contributed by atoms with van der Waals surface area (Å²) >= 11 is 5.06. The number of carbonyl (C=O) groups is 1. The molecule has 0 radical (unpaired) electrons. The summed E-state index contributed by atoms with van der Waals surface area (Å²) in [6.07, 6.45) is 3.50. The molecule has 2 aromatic carbocycles. The minimum absolute atomic E-state index is 0. The van der Waals surface area contributed by atoms with Gasteiger partial charge >= 0.3 is 0 Å². The van der Waals surface area contributed by atoms with Crippen LogP contribution in [-0.2, 0) is 4.79 Å². The van der Waals surface area contributed by atoms with Crippen molar-refractivity contribution >= 4 is 67.0 Å². The third kappa shape index (κ3) is 6.37. The number of hydrogen-bond acceptors (Lipinski definition) is 4. The van der Waals surface area contributed by atoms with E-state index in [9.17, 15) is 4.79 Å². The largest absolute Gasteiger partial charge is 0.302 e. The molecule has 3 rings (SSSR count). The van der Waals surface area contributed by atoms with Crippen LogP contribution in [-0.4, -0.2) is 42.0 Å². The van der Waals surface area contributed by atoms with E-state index in [2.05, 4.69) is 34.7 Å². The number of fused-ring (bicyclic) bond motifs is 1. The van der Waals surface area contributed by atoms with E-state index in [4.69, 9.17) is 4.98 Å². The van der Waals surface area contributed by atoms with Crippen molar-refractivity contribution in [3.05, 3.63) is 64.6 Å². The van der Waals surface area contributed by atoms with Crippen molar-refractivity contribution in [2.75, 3.05) is 31.1 Å². The van der Waals surface area contributed by atoms with Crippen LogP contribution in [0.1, 0.15) is 19.4 Å². The highest BCUT2D eigenvalue weighted by Gasteiger charge is 2.18. The van der Waals surface area contributed by atoms with Gasteiger partial charge in [0, 0.05) is 23.6 Å². The number of rotatable bonds is 8. The van der Waals surface area contributed by atoms with Gasteiger partial charge in [-0.15, -0.1) is 12.4 Å². The molecule has 3 aromatic rings. The lowest BCUT2D eigenvalue weighted by Gasteiger charge is -2.23. The summed E-state index contributed by atoms with van der Waals surface area (Å²) in [5, 5.41) is 0.739. The van der Waals surface area contributed by atoms with E-state index >= 15 is 0 Å². The summed E-state index contributed by atoms with van der Waals surface area (Å²) in [7, 11) is 0. The van der Waals surface area contributed by atoms with Crippen LogP contribution in [0.4, 0.5) is 5.13 Å². The second-order valence-corrected chi connectivity index (χ2v) is 8.29. The lowest BCUT2D eigenvalue weighted by molar-refractivity contribution is -0.114. The Bertz CT molecular complexity index is 957. The van der Waals surface area contributed by atoms with Gasteiger partial charge in [-0.25, -0.2) is 4.98 Å². The number of carbonyl (C=O) groups excluding carboxylic acids is 1. The maximum atomic E-state index is 13.0. The summed E-state index contributed by atoms with van der Waals surface area (Å²) in [5.41, 5.74) is 1.92. The molecule has 0 unspecified atom stereocenters. The summed E-state index contributed by atoms with van der Waals surface area (Å²) < 4.78 is 2.08. The molecule has 0 atom stereocenters. The maximum Gasteiger partial charge on any atom is 0.252 e. The molecule has 154 valence electrons. The zero-order chi connectivity index (χ0) is 19.9. The zero-order valence-corrected chi connectivity index (χ0v) is 19.8. The normalized spacial score (nSPS) is 11.2. The van der Waals surface area contributed by atoms with Crippen molar-refractivity contribution in [3.8, 4) is 0 Å². The van der Waals surface area contributed by atoms with Crippen molar-refractivity contribution in [2.24, 2.45) is 0 Å². The molecule has 0 saturated carbocycles. The minimum Gasteiger partial charge on any atom is -0.302 e. The van der Waals surface area contributed by atoms with E-state index < -0.39 is 0 Å². The molecule has 0 spiro atoms. The fraction of sp³-hybridized carbons (Fsp3) is 0.273. The van der Waals surface area contributed by atoms with Gasteiger partial charge in [-0.3, -0.25) is 9.69 Å². The van der Waals surface area contributed by atoms with Crippen LogP contribution in [0.15, 0.2) is 59.1 Å². The average molecular weight is 495 g/mol. The van der Waals surface area contributed by atoms with Gasteiger partial charge in [0.05, 0.1) is 10.2 Å². The van der Waals surface area contributed by atoms with Crippen LogP contribution in [0, 0.1) is 0 Å². The summed E-state index contributed by atoms with van der Waals surface area (Å²) in [6, 6.07) is 15.9. The Morgan fingerprint density at radius 2 is 1.83 bits per heavy atom. The number of halogens is 2. The van der Waals surface area contributed by atoms with E-state index in [-0.39, 0.29) is 18.3 Å². The lowest BCUT2D eigenvalue weighted by Crippen LogP contribution is -2.38. The van der Waals surface area contributed by atoms with Crippen molar-refractivity contribution < 1.29 is 4.79 Å². The van der Waals surface area contributed by atoms with E-state index in [1.807, 2.05) is 54.6 Å². The van der Waals surface area contributed by atoms with Gasteiger partial charge in [0.15, 0.2) is 5.13 Å². The molecule has 1 heterocycles. The third-order valence-corrected chi connectivity index (χ3v) is 6.12. The zero-order valence-electron chi connectivity index (χ0n) is 16.5. The van der Waals surface area contributed by atoms with Gasteiger partial charge in [-0.1, -0.05) is 71.4 Å². The third-order valence-electron chi connectivity index (χ3n) is 4.59. The standard InChI is InChI=1S/C22H24BrN3OS.ClH/c1-3-25(4-2)14-15-26(21(27)13-10-17-8-6-5-7-9-17)22-24-19-12-11-18(23)16-20(19)28-22;/h5-13,16H,3-4,14-15H2,1-2H3;1H. The van der Waals surface area contributed by atoms with Crippen LogP contribution >= 0.6 is 39.7 Å². The molecular formula is C22H25BrClN3OS. The molecule has 1 amide bonds. The molecular weight excluding hydrogens is 470 g/mol. The summed E-state index contributed by atoms with van der Waals surface area (Å²) in [4.78, 5) is 21.8. The molecule has 29 heavy (non-hydrogen) atoms. The van der Waals surface area contributed by atoms with Crippen LogP contribution in [0.3, 0.4) is 0 Å². The second-order valence-electron chi connectivity index (χ2n) is 6.37. The molecule has 0 bridgehead atoms. The second kappa shape index (κ2) is 11.5. The van der Waals surface area contributed by atoms with Crippen molar-refractivity contribution in [3.63, 3.8) is 0 Å². The smallest absolute Gasteiger partial charge is 0.252 e. The SMILES string of the molecule is CCN(CC)CCN(C(=O)C=Cc1ccccc1)c1nc2ccc(Br)cc2s1.Cl. The highest BCUT2D eigenvalue weighted by Crippen LogP contribution is 2.31. The first-order valence-corrected chi connectivity index (χ1v) is 11.0. The van der Waals surface area contributed by atoms with Crippen molar-refractivity contribution in [2.45, 2.75) is 13.8 Å². The molecule has 0 saturated heterocycles. The molecule has 0 aliphatic carbocycles. The van der Waals surface area contributed by atoms with Crippen LogP contribution in [0.5, 0.6) is 0 Å². The molecule has 0 aliphatic rings. The van der Waals surface area contributed by atoms with Crippen LogP contribution in [0.25, 0.3) is 16.3 Å². The fourth-order valence-corrected chi connectivity index (χ4v) is 4.45. The van der Waals surface area contributed by atoms with Gasteiger partial charge in [0.25, 0.3) is 5.91 Å². The predicted octanol–water partition coefficient (Wildman–Crippen LogP) is 5.87. The molecule has 4 nitrogen and oxygen atoms in total. The Labute approximate surface area is 190 Å². The first-order chi connectivity index (χ1) is 13.6. The number of hydrogen-bond donors (Lipinski definition) is 0. The monoisotopic (exact) mass is 493 g/mol. The highest BCUT2D eigenvalue weighted by molar-refractivity contribution is 9.10. The lowest BCUT2D eigenvalue weighted by atomic mass is 10.2. The fourth-order valence-electron chi connectivity index (χ4n) is 2.90. The molecule has 0 fully saturated rings. The van der Waals surface area contributed by atoms with Gasteiger partial charge in [0.1, 0.15) is 0 Å². The van der Waals surface area contributed by atoms with E-state index in [1.54, 1.807) is 22.3 Å². The number of thiazole rings is 1. The first kappa shape index (κ1) is 23.5. The van der Waals surface area contributed by atoms with Gasteiger partial charge < -0.3 is 4.90 Å². The van der Waals surface area contributed by atoms with E-state index in [0.29, 0.717) is 6.54 Å². The number of nitrogens with zero attached hydrogens (tertiary/aromatic N) is 3. The summed E-state index contributed by atoms with van der Waals surface area (Å²) in [5.74, 6) is -0.0471. The minimum atomic E-state index is -0.0471. The Balaban J connectivity index is 0.00000300. The molecule has 0 aliphatic heterocycles. The van der Waals surface area contributed by atoms with Crippen molar-refractivity contribution in [1.82, 2.24) is 9.88 Å². The van der Waals surface area contributed by atoms with Crippen LogP contribution in [0.2, 0.25) is 0 Å². The van der Waals surface area contributed by atoms with Crippen LogP contribution < -0.4 is 4.90 Å². The van der Waals surface area contributed by atoms with Gasteiger partial charge in [-0.2, -0.15) is 0 Å². The molecule has 7 heteroatoms. The van der Waals surface area contributed by atoms with E-state index in [1.165, 1.54) is 0 Å². The van der Waals surface area contributed by atoms with Crippen molar-refractivity contribution in [1.29, 1.82) is 0 Å². The Kier molecular flexibility index (Phi) is 9.30. The number of likely N-dealkylation sites (N-methyl/N-ethyl adjacent to an activating group) is 1. The number of aromatic nitrogens is 1. The predicted molar refractivity (Wildman–Crippen MR) is 130 cm³/mol. The number of benzene rings is 2.